The van der Waals surface area contributed by atoms with E-state index in [4.69, 9.17) is 19.2 Å². The van der Waals surface area contributed by atoms with Gasteiger partial charge in [0.15, 0.2) is 0 Å². The van der Waals surface area contributed by atoms with Gasteiger partial charge in [0, 0.05) is 0 Å². The van der Waals surface area contributed by atoms with Gasteiger partial charge in [-0.05, 0) is 101 Å². The molecular weight excluding hydrogens is 503 g/mol. The highest BCUT2D eigenvalue weighted by Crippen LogP contribution is 2.25. The van der Waals surface area contributed by atoms with Gasteiger partial charge in [0.05, 0.1) is 16.8 Å². The zero-order valence-electron chi connectivity index (χ0n) is 25.4. The van der Waals surface area contributed by atoms with Gasteiger partial charge in [-0.2, -0.15) is 0 Å². The van der Waals surface area contributed by atoms with Crippen molar-refractivity contribution < 1.29 is 34.6 Å². The minimum absolute atomic E-state index is 0.702. The van der Waals surface area contributed by atoms with Crippen LogP contribution in [0.3, 0.4) is 0 Å². The van der Waals surface area contributed by atoms with Crippen LogP contribution in [0, 0.1) is 0 Å². The molecule has 0 aromatic carbocycles. The number of hydrogen-bond donors (Lipinski definition) is 6. The summed E-state index contributed by atoms with van der Waals surface area (Å²) in [5, 5.41) is 28.5. The van der Waals surface area contributed by atoms with Crippen molar-refractivity contribution in [3.63, 3.8) is 0 Å². The molecule has 38 heavy (non-hydrogen) atoms. The van der Waals surface area contributed by atoms with E-state index < -0.39 is 24.6 Å². The van der Waals surface area contributed by atoms with Crippen molar-refractivity contribution >= 4 is 7.82 Å². The van der Waals surface area contributed by atoms with E-state index in [-0.39, 0.29) is 0 Å². The van der Waals surface area contributed by atoms with Crippen LogP contribution in [0.5, 0.6) is 0 Å². The Kier molecular flexibility index (Phi) is 25.5. The highest BCUT2D eigenvalue weighted by molar-refractivity contribution is 7.45. The minimum Gasteiger partial charge on any atom is -0.386 e. The first-order chi connectivity index (χ1) is 16.9. The Hall–Kier alpha value is -1.57. The zero-order chi connectivity index (χ0) is 31.2. The third-order valence-electron chi connectivity index (χ3n) is 4.93. The average Bonchev–Trinajstić information content (AvgIpc) is 2.72. The molecule has 0 bridgehead atoms. The summed E-state index contributed by atoms with van der Waals surface area (Å²) in [5.41, 5.74) is 1.78. The van der Waals surface area contributed by atoms with Gasteiger partial charge in [0.2, 0.25) is 0 Å². The van der Waals surface area contributed by atoms with Gasteiger partial charge in [-0.15, -0.1) is 19.7 Å². The van der Waals surface area contributed by atoms with Crippen LogP contribution in [-0.4, -0.2) is 46.8 Å². The van der Waals surface area contributed by atoms with Crippen molar-refractivity contribution in [2.24, 2.45) is 0 Å². The normalized spacial score (nSPS) is 14.8. The first kappa shape index (κ1) is 43.5. The number of hydrogen-bond acceptors (Lipinski definition) is 4. The highest BCUT2D eigenvalue weighted by atomic mass is 31.2. The third-order valence-corrected chi connectivity index (χ3v) is 4.93. The summed E-state index contributed by atoms with van der Waals surface area (Å²) in [6, 6.07) is 0. The molecule has 0 heterocycles. The van der Waals surface area contributed by atoms with Gasteiger partial charge in [-0.25, -0.2) is 4.57 Å². The van der Waals surface area contributed by atoms with Crippen molar-refractivity contribution in [1.82, 2.24) is 0 Å². The van der Waals surface area contributed by atoms with Crippen LogP contribution >= 0.6 is 7.82 Å². The first-order valence-corrected chi connectivity index (χ1v) is 14.3. The maximum absolute atomic E-state index is 9.49. The summed E-state index contributed by atoms with van der Waals surface area (Å²) in [4.78, 5) is 21.6. The number of aliphatic hydroxyl groups is 3. The molecular formula is C30H57O7P. The van der Waals surface area contributed by atoms with Crippen molar-refractivity contribution in [3.8, 4) is 0 Å². The lowest BCUT2D eigenvalue weighted by Crippen LogP contribution is -2.19. The largest absolute Gasteiger partial charge is 0.466 e. The van der Waals surface area contributed by atoms with Crippen LogP contribution in [0.1, 0.15) is 101 Å². The molecule has 0 aliphatic heterocycles. The number of rotatable bonds is 12. The molecule has 8 heteroatoms. The predicted octanol–water partition coefficient (Wildman–Crippen LogP) is 7.08. The third kappa shape index (κ3) is 47.6. The molecule has 0 aromatic heterocycles. The van der Waals surface area contributed by atoms with Gasteiger partial charge in [0.1, 0.15) is 0 Å². The first-order valence-electron chi connectivity index (χ1n) is 12.7. The smallest absolute Gasteiger partial charge is 0.386 e. The van der Waals surface area contributed by atoms with Crippen molar-refractivity contribution in [2.75, 3.05) is 0 Å². The molecule has 0 amide bonds. The monoisotopic (exact) mass is 560 g/mol. The predicted molar refractivity (Wildman–Crippen MR) is 163 cm³/mol. The van der Waals surface area contributed by atoms with Crippen LogP contribution in [-0.2, 0) is 4.57 Å². The van der Waals surface area contributed by atoms with E-state index in [1.54, 1.807) is 39.0 Å². The second kappa shape index (κ2) is 22.3. The fourth-order valence-electron chi connectivity index (χ4n) is 2.27. The van der Waals surface area contributed by atoms with Gasteiger partial charge < -0.3 is 30.0 Å². The van der Waals surface area contributed by atoms with E-state index in [0.29, 0.717) is 0 Å². The van der Waals surface area contributed by atoms with Crippen LogP contribution < -0.4 is 0 Å². The molecule has 0 aromatic rings. The lowest BCUT2D eigenvalue weighted by atomic mass is 10.00. The Morgan fingerprint density at radius 1 is 0.579 bits per heavy atom. The molecule has 7 nitrogen and oxygen atoms in total. The molecule has 0 aliphatic carbocycles. The molecule has 0 radical (unpaired) electrons. The van der Waals surface area contributed by atoms with Crippen molar-refractivity contribution in [1.29, 1.82) is 0 Å². The summed E-state index contributed by atoms with van der Waals surface area (Å²) < 4.78 is 8.88. The summed E-state index contributed by atoms with van der Waals surface area (Å²) in [5.74, 6) is 0. The fourth-order valence-corrected chi connectivity index (χ4v) is 2.27. The molecule has 0 saturated carbocycles. The second-order valence-corrected chi connectivity index (χ2v) is 11.7. The average molecular weight is 561 g/mol. The Morgan fingerprint density at radius 2 is 0.737 bits per heavy atom. The zero-order valence-corrected chi connectivity index (χ0v) is 26.3. The summed E-state index contributed by atoms with van der Waals surface area (Å²) in [6.45, 7) is 28.4. The standard InChI is InChI=1S/3C10H18O.H3O4P/c3*1-5-10(4,11)8-6-7-9(2)3;1-5(2,3)4/h3*5,7,11H,1,6,8H2,2-4H3;(H3,1,2,3,4). The van der Waals surface area contributed by atoms with Gasteiger partial charge in [-0.1, -0.05) is 53.2 Å². The molecule has 0 aliphatic rings. The van der Waals surface area contributed by atoms with Gasteiger partial charge >= 0.3 is 7.82 Å². The summed E-state index contributed by atoms with van der Waals surface area (Å²) >= 11 is 0. The molecule has 3 atom stereocenters. The number of phosphoric acid groups is 1. The van der Waals surface area contributed by atoms with Crippen LogP contribution in [0.25, 0.3) is 0 Å². The van der Waals surface area contributed by atoms with Gasteiger partial charge in [-0.3, -0.25) is 0 Å². The quantitative estimate of drug-likeness (QED) is 0.111. The van der Waals surface area contributed by atoms with E-state index in [9.17, 15) is 15.3 Å². The Labute approximate surface area is 233 Å². The van der Waals surface area contributed by atoms with Gasteiger partial charge in [0.25, 0.3) is 0 Å². The topological polar surface area (TPSA) is 138 Å². The molecule has 3 unspecified atom stereocenters. The summed E-state index contributed by atoms with van der Waals surface area (Å²) in [7, 11) is -4.64. The molecule has 6 N–H and O–H groups in total. The maximum atomic E-state index is 9.49. The van der Waals surface area contributed by atoms with E-state index in [2.05, 4.69) is 79.5 Å². The number of allylic oxidation sites excluding steroid dienone is 6. The molecule has 0 saturated heterocycles. The molecule has 0 rings (SSSR count). The Bertz CT molecular complexity index is 687. The maximum Gasteiger partial charge on any atom is 0.466 e. The molecule has 0 spiro atoms. The Balaban J connectivity index is -0.000000209. The van der Waals surface area contributed by atoms with Crippen LogP contribution in [0.2, 0.25) is 0 Å². The second-order valence-electron chi connectivity index (χ2n) is 10.7. The molecule has 224 valence electrons. The van der Waals surface area contributed by atoms with Crippen LogP contribution in [0.15, 0.2) is 72.9 Å². The Morgan fingerprint density at radius 3 is 0.842 bits per heavy atom. The highest BCUT2D eigenvalue weighted by Gasteiger charge is 2.14. The van der Waals surface area contributed by atoms with E-state index in [0.717, 1.165) is 38.5 Å². The lowest BCUT2D eigenvalue weighted by molar-refractivity contribution is 0.103. The van der Waals surface area contributed by atoms with E-state index in [1.165, 1.54) is 16.7 Å². The van der Waals surface area contributed by atoms with Crippen molar-refractivity contribution in [2.45, 2.75) is 118 Å². The van der Waals surface area contributed by atoms with E-state index >= 15 is 0 Å². The van der Waals surface area contributed by atoms with Crippen molar-refractivity contribution in [3.05, 3.63) is 72.9 Å². The van der Waals surface area contributed by atoms with Crippen LogP contribution in [0.4, 0.5) is 0 Å². The van der Waals surface area contributed by atoms with E-state index in [1.807, 2.05) is 0 Å². The molecule has 0 fully saturated rings. The lowest BCUT2D eigenvalue weighted by Gasteiger charge is -2.16. The minimum atomic E-state index is -4.64. The summed E-state index contributed by atoms with van der Waals surface area (Å²) in [6.07, 6.45) is 16.1. The SMILES string of the molecule is C=CC(C)(O)CCC=C(C)C.C=CC(C)(O)CCC=C(C)C.C=CC(C)(O)CCC=C(C)C.O=P(O)(O)O. The fraction of sp³-hybridized carbons (Fsp3) is 0.600.